The molecule has 1 aromatic heterocycles. The van der Waals surface area contributed by atoms with Gasteiger partial charge in [-0.25, -0.2) is 0 Å². The van der Waals surface area contributed by atoms with Crippen molar-refractivity contribution in [3.8, 4) is 5.75 Å². The highest BCUT2D eigenvalue weighted by Gasteiger charge is 2.43. The van der Waals surface area contributed by atoms with E-state index in [1.54, 1.807) is 23.1 Å². The van der Waals surface area contributed by atoms with E-state index in [4.69, 9.17) is 27.9 Å². The van der Waals surface area contributed by atoms with Gasteiger partial charge in [0.2, 0.25) is 11.0 Å². The number of aromatic nitrogens is 2. The van der Waals surface area contributed by atoms with Gasteiger partial charge in [-0.15, -0.1) is 22.0 Å². The Hall–Kier alpha value is -2.59. The van der Waals surface area contributed by atoms with Gasteiger partial charge in [-0.3, -0.25) is 14.5 Å². The van der Waals surface area contributed by atoms with E-state index in [2.05, 4.69) is 10.2 Å². The molecule has 2 heterocycles. The van der Waals surface area contributed by atoms with Gasteiger partial charge in [0.15, 0.2) is 5.01 Å². The Morgan fingerprint density at radius 3 is 2.71 bits per heavy atom. The highest BCUT2D eigenvalue weighted by atomic mass is 35.5. The number of thioether (sulfide) groups is 1. The molecule has 1 saturated heterocycles. The van der Waals surface area contributed by atoms with E-state index in [1.165, 1.54) is 23.1 Å². The highest BCUT2D eigenvalue weighted by molar-refractivity contribution is 8.02. The molecule has 1 N–H and O–H groups in total. The second-order valence-corrected chi connectivity index (χ2v) is 10.5. The SMILES string of the molecule is O=C(O)CC1SC(C/C=C/c2ccccc2)N(c2nnc(COc3ccc(Cl)cc3Cl)s2)C1=O. The van der Waals surface area contributed by atoms with Crippen LogP contribution in [0.4, 0.5) is 5.13 Å². The molecule has 2 unspecified atom stereocenters. The van der Waals surface area contributed by atoms with Gasteiger partial charge in [0.1, 0.15) is 12.4 Å². The minimum absolute atomic E-state index is 0.116. The molecule has 0 bridgehead atoms. The molecule has 0 radical (unpaired) electrons. The van der Waals surface area contributed by atoms with Gasteiger partial charge in [-0.2, -0.15) is 0 Å². The third kappa shape index (κ3) is 6.09. The topological polar surface area (TPSA) is 92.6 Å². The largest absolute Gasteiger partial charge is 0.485 e. The molecule has 2 aromatic carbocycles. The van der Waals surface area contributed by atoms with Gasteiger partial charge in [0.05, 0.1) is 22.1 Å². The van der Waals surface area contributed by atoms with Crippen molar-refractivity contribution in [2.45, 2.75) is 30.1 Å². The molecule has 7 nitrogen and oxygen atoms in total. The Kier molecular flexibility index (Phi) is 8.10. The van der Waals surface area contributed by atoms with Crippen LogP contribution >= 0.6 is 46.3 Å². The quantitative estimate of drug-likeness (QED) is 0.371. The first-order chi connectivity index (χ1) is 16.4. The number of benzene rings is 2. The Morgan fingerprint density at radius 2 is 1.97 bits per heavy atom. The Labute approximate surface area is 214 Å². The van der Waals surface area contributed by atoms with E-state index in [-0.39, 0.29) is 24.3 Å². The number of aliphatic carboxylic acids is 1. The number of amides is 1. The van der Waals surface area contributed by atoms with Crippen LogP contribution in [0.2, 0.25) is 10.0 Å². The lowest BCUT2D eigenvalue weighted by atomic mass is 10.2. The van der Waals surface area contributed by atoms with Crippen LogP contribution in [0.5, 0.6) is 5.75 Å². The molecule has 4 rings (SSSR count). The zero-order chi connectivity index (χ0) is 24.1. The molecule has 11 heteroatoms. The molecule has 0 aliphatic carbocycles. The number of halogens is 2. The minimum atomic E-state index is -1.02. The van der Waals surface area contributed by atoms with Crippen molar-refractivity contribution in [2.75, 3.05) is 4.90 Å². The Balaban J connectivity index is 1.48. The fourth-order valence-corrected chi connectivity index (χ4v) is 6.03. The number of carbonyl (C=O) groups is 2. The smallest absolute Gasteiger partial charge is 0.305 e. The summed E-state index contributed by atoms with van der Waals surface area (Å²) in [7, 11) is 0. The summed E-state index contributed by atoms with van der Waals surface area (Å²) in [6.07, 6.45) is 4.24. The minimum Gasteiger partial charge on any atom is -0.485 e. The zero-order valence-electron chi connectivity index (χ0n) is 17.6. The fourth-order valence-electron chi connectivity index (χ4n) is 3.30. The number of anilines is 1. The predicted molar refractivity (Wildman–Crippen MR) is 136 cm³/mol. The lowest BCUT2D eigenvalue weighted by molar-refractivity contribution is -0.138. The summed E-state index contributed by atoms with van der Waals surface area (Å²) in [5.41, 5.74) is 1.04. The van der Waals surface area contributed by atoms with E-state index >= 15 is 0 Å². The van der Waals surface area contributed by atoms with Crippen molar-refractivity contribution in [3.05, 3.63) is 75.2 Å². The second-order valence-electron chi connectivity index (χ2n) is 7.28. The molecule has 2 atom stereocenters. The van der Waals surface area contributed by atoms with Gasteiger partial charge in [-0.1, -0.05) is 77.0 Å². The maximum absolute atomic E-state index is 13.0. The van der Waals surface area contributed by atoms with Crippen molar-refractivity contribution in [1.82, 2.24) is 10.2 Å². The molecule has 176 valence electrons. The van der Waals surface area contributed by atoms with Crippen molar-refractivity contribution < 1.29 is 19.4 Å². The first kappa shape index (κ1) is 24.5. The molecule has 34 heavy (non-hydrogen) atoms. The van der Waals surface area contributed by atoms with Crippen LogP contribution in [0.25, 0.3) is 6.08 Å². The number of carbonyl (C=O) groups excluding carboxylic acids is 1. The molecule has 0 spiro atoms. The summed E-state index contributed by atoms with van der Waals surface area (Å²) >= 11 is 14.6. The van der Waals surface area contributed by atoms with Crippen LogP contribution in [-0.4, -0.2) is 37.8 Å². The monoisotopic (exact) mass is 535 g/mol. The van der Waals surface area contributed by atoms with Gasteiger partial charge in [0.25, 0.3) is 0 Å². The predicted octanol–water partition coefficient (Wildman–Crippen LogP) is 5.78. The summed E-state index contributed by atoms with van der Waals surface area (Å²) in [6.45, 7) is 0.116. The number of ether oxygens (including phenoxy) is 1. The van der Waals surface area contributed by atoms with Crippen LogP contribution in [0.3, 0.4) is 0 Å². The van der Waals surface area contributed by atoms with E-state index in [0.717, 1.165) is 5.56 Å². The number of carboxylic acid groups (broad SMARTS) is 1. The summed E-state index contributed by atoms with van der Waals surface area (Å²) in [4.78, 5) is 25.9. The third-order valence-corrected chi connectivity index (χ3v) is 7.68. The van der Waals surface area contributed by atoms with E-state index in [9.17, 15) is 14.7 Å². The van der Waals surface area contributed by atoms with Crippen molar-refractivity contribution in [2.24, 2.45) is 0 Å². The van der Waals surface area contributed by atoms with Crippen molar-refractivity contribution in [1.29, 1.82) is 0 Å². The summed E-state index contributed by atoms with van der Waals surface area (Å²) in [5.74, 6) is -0.839. The Bertz CT molecular complexity index is 1210. The third-order valence-electron chi connectivity index (χ3n) is 4.84. The summed E-state index contributed by atoms with van der Waals surface area (Å²) in [6, 6.07) is 14.7. The van der Waals surface area contributed by atoms with Crippen LogP contribution < -0.4 is 9.64 Å². The maximum Gasteiger partial charge on any atom is 0.305 e. The normalized spacial score (nSPS) is 18.1. The first-order valence-electron chi connectivity index (χ1n) is 10.2. The summed E-state index contributed by atoms with van der Waals surface area (Å²) < 4.78 is 5.71. The molecular formula is C23H19Cl2N3O4S2. The van der Waals surface area contributed by atoms with Crippen LogP contribution in [0, 0.1) is 0 Å². The molecule has 3 aromatic rings. The van der Waals surface area contributed by atoms with Crippen LogP contribution in [0.15, 0.2) is 54.6 Å². The lowest BCUT2D eigenvalue weighted by Gasteiger charge is -2.19. The molecule has 1 aliphatic rings. The van der Waals surface area contributed by atoms with Gasteiger partial charge < -0.3 is 9.84 Å². The molecule has 0 saturated carbocycles. The van der Waals surface area contributed by atoms with Gasteiger partial charge in [-0.05, 0) is 30.2 Å². The van der Waals surface area contributed by atoms with Crippen molar-refractivity contribution in [3.63, 3.8) is 0 Å². The van der Waals surface area contributed by atoms with Gasteiger partial charge >= 0.3 is 5.97 Å². The molecule has 1 aliphatic heterocycles. The number of hydrogen-bond acceptors (Lipinski definition) is 7. The average molecular weight is 536 g/mol. The molecule has 1 fully saturated rings. The molecular weight excluding hydrogens is 517 g/mol. The highest BCUT2D eigenvalue weighted by Crippen LogP contribution is 2.40. The maximum atomic E-state index is 13.0. The molecule has 1 amide bonds. The second kappa shape index (κ2) is 11.2. The number of carboxylic acids is 1. The van der Waals surface area contributed by atoms with E-state index < -0.39 is 11.2 Å². The van der Waals surface area contributed by atoms with Crippen LogP contribution in [-0.2, 0) is 16.2 Å². The average Bonchev–Trinajstić information content (AvgIpc) is 3.38. The Morgan fingerprint density at radius 1 is 1.18 bits per heavy atom. The standard InChI is InChI=1S/C23H19Cl2N3O4S2/c24-15-9-10-17(16(25)11-15)32-13-19-26-27-23(34-19)28-20(33-18(22(28)31)12-21(29)30)8-4-7-14-5-2-1-3-6-14/h1-7,9-11,18,20H,8,12-13H2,(H,29,30)/b7-4+. The van der Waals surface area contributed by atoms with Crippen molar-refractivity contribution >= 4 is 69.4 Å². The fraction of sp³-hybridized carbons (Fsp3) is 0.217. The lowest BCUT2D eigenvalue weighted by Crippen LogP contribution is -2.34. The van der Waals surface area contributed by atoms with E-state index in [1.807, 2.05) is 42.5 Å². The number of nitrogens with zero attached hydrogens (tertiary/aromatic N) is 3. The number of hydrogen-bond donors (Lipinski definition) is 1. The van der Waals surface area contributed by atoms with Gasteiger partial charge in [0, 0.05) is 5.02 Å². The first-order valence-corrected chi connectivity index (χ1v) is 12.7. The number of rotatable bonds is 9. The summed E-state index contributed by atoms with van der Waals surface area (Å²) in [5, 5.41) is 18.4. The van der Waals surface area contributed by atoms with Crippen LogP contribution in [0.1, 0.15) is 23.4 Å². The van der Waals surface area contributed by atoms with E-state index in [0.29, 0.717) is 32.4 Å². The zero-order valence-corrected chi connectivity index (χ0v) is 20.8.